The van der Waals surface area contributed by atoms with Crippen molar-refractivity contribution in [1.29, 1.82) is 0 Å². The number of benzene rings is 1. The van der Waals surface area contributed by atoms with Crippen LogP contribution in [0.4, 0.5) is 4.39 Å². The zero-order valence-electron chi connectivity index (χ0n) is 13.2. The lowest BCUT2D eigenvalue weighted by molar-refractivity contribution is -0.136. The highest BCUT2D eigenvalue weighted by Crippen LogP contribution is 2.31. The van der Waals surface area contributed by atoms with Crippen molar-refractivity contribution >= 4 is 23.5 Å². The summed E-state index contributed by atoms with van der Waals surface area (Å²) in [5.41, 5.74) is 1.03. The van der Waals surface area contributed by atoms with E-state index in [9.17, 15) is 14.0 Å². The summed E-state index contributed by atoms with van der Waals surface area (Å²) in [6, 6.07) is 3.86. The molecule has 0 fully saturated rings. The summed E-state index contributed by atoms with van der Waals surface area (Å²) in [5, 5.41) is 15.5. The Balaban J connectivity index is 2.34. The number of aromatic nitrogens is 2. The maximum Gasteiger partial charge on any atom is 0.305 e. The normalized spacial score (nSPS) is 10.9. The molecule has 0 saturated heterocycles. The first-order valence-corrected chi connectivity index (χ1v) is 7.71. The summed E-state index contributed by atoms with van der Waals surface area (Å²) in [6.07, 6.45) is 1.26. The Hall–Kier alpha value is -2.41. The van der Waals surface area contributed by atoms with Gasteiger partial charge in [0.1, 0.15) is 5.82 Å². The van der Waals surface area contributed by atoms with Crippen molar-refractivity contribution in [2.45, 2.75) is 26.3 Å². The fourth-order valence-electron chi connectivity index (χ4n) is 2.25. The molecule has 0 aliphatic rings. The van der Waals surface area contributed by atoms with Gasteiger partial charge in [-0.3, -0.25) is 14.3 Å². The van der Waals surface area contributed by atoms with Crippen LogP contribution >= 0.6 is 11.6 Å². The third-order valence-corrected chi connectivity index (χ3v) is 3.57. The molecule has 2 N–H and O–H groups in total. The highest BCUT2D eigenvalue weighted by Gasteiger charge is 2.17. The zero-order chi connectivity index (χ0) is 17.9. The van der Waals surface area contributed by atoms with E-state index in [2.05, 4.69) is 10.4 Å². The number of carbonyl (C=O) groups excluding carboxylic acids is 1. The number of nitrogens with one attached hydrogen (secondary N) is 1. The Morgan fingerprint density at radius 1 is 1.38 bits per heavy atom. The summed E-state index contributed by atoms with van der Waals surface area (Å²) < 4.78 is 15.6. The van der Waals surface area contributed by atoms with Gasteiger partial charge in [-0.15, -0.1) is 0 Å². The van der Waals surface area contributed by atoms with E-state index < -0.39 is 17.7 Å². The minimum Gasteiger partial charge on any atom is -0.481 e. The van der Waals surface area contributed by atoms with Gasteiger partial charge < -0.3 is 10.4 Å². The number of halogens is 2. The fraction of sp³-hybridized carbons (Fsp3) is 0.312. The fourth-order valence-corrected chi connectivity index (χ4v) is 2.48. The van der Waals surface area contributed by atoms with Crippen molar-refractivity contribution in [2.75, 3.05) is 6.54 Å². The van der Waals surface area contributed by atoms with Gasteiger partial charge in [-0.05, 0) is 32.0 Å². The van der Waals surface area contributed by atoms with Crippen molar-refractivity contribution < 1.29 is 19.1 Å². The van der Waals surface area contributed by atoms with E-state index in [1.54, 1.807) is 4.68 Å². The molecule has 8 heteroatoms. The molecule has 1 amide bonds. The lowest BCUT2D eigenvalue weighted by Crippen LogP contribution is -2.26. The second kappa shape index (κ2) is 7.44. The molecule has 0 unspecified atom stereocenters. The van der Waals surface area contributed by atoms with Crippen molar-refractivity contribution in [2.24, 2.45) is 0 Å². The summed E-state index contributed by atoms with van der Waals surface area (Å²) in [6.45, 7) is 3.78. The van der Waals surface area contributed by atoms with E-state index in [1.165, 1.54) is 18.3 Å². The van der Waals surface area contributed by atoms with Crippen LogP contribution in [0.3, 0.4) is 0 Å². The van der Waals surface area contributed by atoms with E-state index in [-0.39, 0.29) is 24.6 Å². The second-order valence-corrected chi connectivity index (χ2v) is 5.91. The molecule has 2 rings (SSSR count). The molecule has 0 bridgehead atoms. The molecule has 1 aromatic heterocycles. The minimum absolute atomic E-state index is 0.00334. The molecule has 1 aromatic carbocycles. The van der Waals surface area contributed by atoms with Gasteiger partial charge in [0.05, 0.1) is 23.3 Å². The maximum atomic E-state index is 13.9. The van der Waals surface area contributed by atoms with Crippen LogP contribution in [-0.4, -0.2) is 33.3 Å². The second-order valence-electron chi connectivity index (χ2n) is 5.51. The number of carbonyl (C=O) groups is 2. The Bertz CT molecular complexity index is 774. The standard InChI is InChI=1S/C16H17ClFN3O3/c1-9(2)21-15(13(17)8-20-21)10-5-11(7-12(18)6-10)16(24)19-4-3-14(22)23/h5-9H,3-4H2,1-2H3,(H,19,24)(H,22,23). The van der Waals surface area contributed by atoms with Crippen LogP contribution in [0, 0.1) is 5.82 Å². The monoisotopic (exact) mass is 353 g/mol. The summed E-state index contributed by atoms with van der Waals surface area (Å²) >= 11 is 6.15. The maximum absolute atomic E-state index is 13.9. The van der Waals surface area contributed by atoms with Gasteiger partial charge in [0.2, 0.25) is 0 Å². The Kier molecular flexibility index (Phi) is 5.56. The van der Waals surface area contributed by atoms with Gasteiger partial charge in [0, 0.05) is 23.7 Å². The third-order valence-electron chi connectivity index (χ3n) is 3.30. The summed E-state index contributed by atoms with van der Waals surface area (Å²) in [5.74, 6) is -2.17. The molecular formula is C16H17ClFN3O3. The Morgan fingerprint density at radius 2 is 2.08 bits per heavy atom. The number of carboxylic acids is 1. The van der Waals surface area contributed by atoms with Crippen molar-refractivity contribution in [3.05, 3.63) is 40.8 Å². The van der Waals surface area contributed by atoms with E-state index in [0.717, 1.165) is 6.07 Å². The van der Waals surface area contributed by atoms with Crippen LogP contribution in [0.25, 0.3) is 11.3 Å². The summed E-state index contributed by atoms with van der Waals surface area (Å²) in [7, 11) is 0. The SMILES string of the molecule is CC(C)n1ncc(Cl)c1-c1cc(F)cc(C(=O)NCCC(=O)O)c1. The molecule has 0 atom stereocenters. The van der Waals surface area contributed by atoms with Gasteiger partial charge >= 0.3 is 5.97 Å². The van der Waals surface area contributed by atoms with E-state index in [0.29, 0.717) is 16.3 Å². The lowest BCUT2D eigenvalue weighted by atomic mass is 10.1. The van der Waals surface area contributed by atoms with E-state index in [4.69, 9.17) is 16.7 Å². The predicted octanol–water partition coefficient (Wildman–Crippen LogP) is 3.13. The Morgan fingerprint density at radius 3 is 2.71 bits per heavy atom. The quantitative estimate of drug-likeness (QED) is 0.835. The van der Waals surface area contributed by atoms with Crippen LogP contribution in [0.15, 0.2) is 24.4 Å². The number of amides is 1. The molecular weight excluding hydrogens is 337 g/mol. The molecule has 0 spiro atoms. The predicted molar refractivity (Wildman–Crippen MR) is 87.6 cm³/mol. The highest BCUT2D eigenvalue weighted by molar-refractivity contribution is 6.33. The number of carboxylic acid groups (broad SMARTS) is 1. The average Bonchev–Trinajstić information content (AvgIpc) is 2.88. The topological polar surface area (TPSA) is 84.2 Å². The summed E-state index contributed by atoms with van der Waals surface area (Å²) in [4.78, 5) is 22.6. The number of aliphatic carboxylic acids is 1. The molecule has 6 nitrogen and oxygen atoms in total. The van der Waals surface area contributed by atoms with Gasteiger partial charge in [-0.25, -0.2) is 4.39 Å². The van der Waals surface area contributed by atoms with Gasteiger partial charge in [0.25, 0.3) is 5.91 Å². The van der Waals surface area contributed by atoms with Crippen molar-refractivity contribution in [1.82, 2.24) is 15.1 Å². The van der Waals surface area contributed by atoms with E-state index >= 15 is 0 Å². The van der Waals surface area contributed by atoms with Crippen LogP contribution in [0.5, 0.6) is 0 Å². The zero-order valence-corrected chi connectivity index (χ0v) is 14.0. The molecule has 128 valence electrons. The smallest absolute Gasteiger partial charge is 0.305 e. The molecule has 0 saturated carbocycles. The molecule has 0 radical (unpaired) electrons. The van der Waals surface area contributed by atoms with Crippen molar-refractivity contribution in [3.8, 4) is 11.3 Å². The number of rotatable bonds is 6. The molecule has 2 aromatic rings. The molecule has 0 aliphatic carbocycles. The number of nitrogens with zero attached hydrogens (tertiary/aromatic N) is 2. The van der Waals surface area contributed by atoms with Crippen LogP contribution in [-0.2, 0) is 4.79 Å². The van der Waals surface area contributed by atoms with Crippen LogP contribution in [0.2, 0.25) is 5.02 Å². The van der Waals surface area contributed by atoms with Gasteiger partial charge in [0.15, 0.2) is 0 Å². The van der Waals surface area contributed by atoms with Crippen LogP contribution in [0.1, 0.15) is 36.7 Å². The van der Waals surface area contributed by atoms with E-state index in [1.807, 2.05) is 13.8 Å². The Labute approximate surface area is 143 Å². The molecule has 24 heavy (non-hydrogen) atoms. The molecule has 1 heterocycles. The average molecular weight is 354 g/mol. The van der Waals surface area contributed by atoms with Gasteiger partial charge in [-0.1, -0.05) is 11.6 Å². The third kappa shape index (κ3) is 4.11. The first kappa shape index (κ1) is 17.9. The first-order valence-electron chi connectivity index (χ1n) is 7.33. The number of hydrogen-bond acceptors (Lipinski definition) is 3. The lowest BCUT2D eigenvalue weighted by Gasteiger charge is -2.13. The largest absolute Gasteiger partial charge is 0.481 e. The first-order chi connectivity index (χ1) is 11.3. The highest BCUT2D eigenvalue weighted by atomic mass is 35.5. The minimum atomic E-state index is -1.03. The molecule has 0 aliphatic heterocycles. The van der Waals surface area contributed by atoms with Crippen LogP contribution < -0.4 is 5.32 Å². The van der Waals surface area contributed by atoms with Crippen molar-refractivity contribution in [3.63, 3.8) is 0 Å². The van der Waals surface area contributed by atoms with Gasteiger partial charge in [-0.2, -0.15) is 5.10 Å². The number of hydrogen-bond donors (Lipinski definition) is 2.